The number of nitrogens with one attached hydrogen (secondary N) is 1. The Morgan fingerprint density at radius 1 is 0.422 bits per heavy atom. The highest BCUT2D eigenvalue weighted by Crippen LogP contribution is 2.43. The van der Waals surface area contributed by atoms with Gasteiger partial charge < -0.3 is 19.4 Å². The average Bonchev–Trinajstić information content (AvgIpc) is 3.47. The molecule has 0 aromatic rings. The van der Waals surface area contributed by atoms with E-state index < -0.39 is 20.0 Å². The molecule has 0 aromatic heterocycles. The summed E-state index contributed by atoms with van der Waals surface area (Å²) in [6.45, 7) is 6.97. The van der Waals surface area contributed by atoms with Crippen molar-refractivity contribution in [3.8, 4) is 0 Å². The number of nitrogens with zero attached hydrogens (tertiary/aromatic N) is 1. The third-order valence-corrected chi connectivity index (χ3v) is 16.3. The molecule has 10 heteroatoms. The second kappa shape index (κ2) is 62.2. The fourth-order valence-corrected chi connectivity index (χ4v) is 10.6. The van der Waals surface area contributed by atoms with E-state index >= 15 is 0 Å². The fourth-order valence-electron chi connectivity index (χ4n) is 9.90. The first-order valence-corrected chi connectivity index (χ1v) is 36.4. The zero-order valence-corrected chi connectivity index (χ0v) is 56.1. The Morgan fingerprint density at radius 2 is 0.735 bits per heavy atom. The third kappa shape index (κ3) is 63.5. The number of rotatable bonds is 63. The van der Waals surface area contributed by atoms with Crippen molar-refractivity contribution in [3.63, 3.8) is 0 Å². The summed E-state index contributed by atoms with van der Waals surface area (Å²) in [5.74, 6) is -0.521. The second-order valence-electron chi connectivity index (χ2n) is 24.7. The highest BCUT2D eigenvalue weighted by molar-refractivity contribution is 7.47. The molecule has 3 atom stereocenters. The Kier molecular flexibility index (Phi) is 60.1. The minimum absolute atomic E-state index is 0.0344. The van der Waals surface area contributed by atoms with Crippen LogP contribution in [-0.2, 0) is 27.9 Å². The average molecular weight is 1180 g/mol. The van der Waals surface area contributed by atoms with Crippen molar-refractivity contribution in [2.75, 3.05) is 40.9 Å². The van der Waals surface area contributed by atoms with Gasteiger partial charge in [0, 0.05) is 12.8 Å². The van der Waals surface area contributed by atoms with Crippen LogP contribution >= 0.6 is 7.82 Å². The Hall–Kier alpha value is -2.81. The number of ether oxygens (including phenoxy) is 1. The van der Waals surface area contributed by atoms with Gasteiger partial charge in [-0.2, -0.15) is 0 Å². The molecular formula is C73H134N2O7P+. The molecule has 0 radical (unpaired) electrons. The lowest BCUT2D eigenvalue weighted by atomic mass is 10.0. The van der Waals surface area contributed by atoms with Crippen LogP contribution in [0.25, 0.3) is 0 Å². The maximum absolute atomic E-state index is 13.6. The lowest BCUT2D eigenvalue weighted by Crippen LogP contribution is -2.47. The Bertz CT molecular complexity index is 1700. The van der Waals surface area contributed by atoms with Crippen molar-refractivity contribution in [2.45, 2.75) is 328 Å². The van der Waals surface area contributed by atoms with Crippen molar-refractivity contribution < 1.29 is 37.3 Å². The van der Waals surface area contributed by atoms with Gasteiger partial charge in [0.15, 0.2) is 0 Å². The fraction of sp³-hybridized carbons (Fsp3) is 0.781. The van der Waals surface area contributed by atoms with Crippen LogP contribution in [0.4, 0.5) is 0 Å². The van der Waals surface area contributed by atoms with Crippen LogP contribution in [0.1, 0.15) is 316 Å². The Morgan fingerprint density at radius 3 is 1.12 bits per heavy atom. The first-order chi connectivity index (χ1) is 40.4. The van der Waals surface area contributed by atoms with Crippen LogP contribution in [0.5, 0.6) is 0 Å². The zero-order chi connectivity index (χ0) is 60.7. The SMILES string of the molecule is CCCCC/C=C\C/C=C\C/C=C\C/C=C\CCCCCCCC(=O)OC(/C=C/CCCCCCCCCCCCC)C(COP(=O)(O)OCC[N+](C)(C)C)NC(=O)CCCCCCCCCCCCCCC/C=C\C/C=C\CCCCC. The van der Waals surface area contributed by atoms with E-state index in [-0.39, 0.29) is 31.5 Å². The highest BCUT2D eigenvalue weighted by atomic mass is 31.2. The van der Waals surface area contributed by atoms with Crippen molar-refractivity contribution in [1.82, 2.24) is 5.32 Å². The molecule has 2 N–H and O–H groups in total. The molecule has 0 saturated heterocycles. The maximum atomic E-state index is 13.6. The van der Waals surface area contributed by atoms with Crippen molar-refractivity contribution in [1.29, 1.82) is 0 Å². The molecule has 0 saturated carbocycles. The van der Waals surface area contributed by atoms with Crippen molar-refractivity contribution >= 4 is 19.7 Å². The lowest BCUT2D eigenvalue weighted by molar-refractivity contribution is -0.870. The van der Waals surface area contributed by atoms with Crippen LogP contribution in [0.2, 0.25) is 0 Å². The van der Waals surface area contributed by atoms with Crippen LogP contribution in [0, 0.1) is 0 Å². The monoisotopic (exact) mass is 1180 g/mol. The number of allylic oxidation sites excluding steroid dienone is 13. The topological polar surface area (TPSA) is 111 Å². The summed E-state index contributed by atoms with van der Waals surface area (Å²) in [5, 5.41) is 3.07. The number of likely N-dealkylation sites (N-methyl/N-ethyl adjacent to an activating group) is 1. The Labute approximate surface area is 514 Å². The van der Waals surface area contributed by atoms with Gasteiger partial charge in [0.05, 0.1) is 33.8 Å². The molecule has 0 heterocycles. The number of phosphoric acid groups is 1. The van der Waals surface area contributed by atoms with E-state index in [1.807, 2.05) is 33.3 Å². The number of unbranched alkanes of at least 4 members (excludes halogenated alkanes) is 35. The molecule has 0 aromatic carbocycles. The molecule has 9 nitrogen and oxygen atoms in total. The van der Waals surface area contributed by atoms with E-state index in [4.69, 9.17) is 13.8 Å². The molecule has 3 unspecified atom stereocenters. The van der Waals surface area contributed by atoms with Crippen LogP contribution < -0.4 is 5.32 Å². The first kappa shape index (κ1) is 80.2. The predicted molar refractivity (Wildman–Crippen MR) is 360 cm³/mol. The van der Waals surface area contributed by atoms with E-state index in [1.165, 1.54) is 180 Å². The molecule has 1 amide bonds. The minimum atomic E-state index is -4.46. The van der Waals surface area contributed by atoms with Crippen LogP contribution in [-0.4, -0.2) is 74.3 Å². The smallest absolute Gasteiger partial charge is 0.456 e. The molecular weight excluding hydrogens is 1050 g/mol. The molecule has 0 spiro atoms. The third-order valence-electron chi connectivity index (χ3n) is 15.3. The van der Waals surface area contributed by atoms with Gasteiger partial charge in [-0.25, -0.2) is 4.57 Å². The highest BCUT2D eigenvalue weighted by Gasteiger charge is 2.30. The van der Waals surface area contributed by atoms with Gasteiger partial charge in [-0.05, 0) is 109 Å². The summed E-state index contributed by atoms with van der Waals surface area (Å²) in [5.41, 5.74) is 0. The van der Waals surface area contributed by atoms with Gasteiger partial charge in [-0.1, -0.05) is 280 Å². The molecule has 482 valence electrons. The number of quaternary nitrogens is 1. The van der Waals surface area contributed by atoms with Crippen molar-refractivity contribution in [3.05, 3.63) is 85.1 Å². The molecule has 0 fully saturated rings. The number of carbonyl (C=O) groups is 2. The van der Waals surface area contributed by atoms with Crippen molar-refractivity contribution in [2.24, 2.45) is 0 Å². The summed E-state index contributed by atoms with van der Waals surface area (Å²) in [7, 11) is 1.48. The minimum Gasteiger partial charge on any atom is -0.456 e. The molecule has 83 heavy (non-hydrogen) atoms. The number of phosphoric ester groups is 1. The number of esters is 1. The largest absolute Gasteiger partial charge is 0.472 e. The molecule has 0 aliphatic rings. The molecule has 0 aliphatic heterocycles. The van der Waals surface area contributed by atoms with Gasteiger partial charge in [-0.3, -0.25) is 18.6 Å². The Balaban J connectivity index is 5.18. The molecule has 0 aliphatic carbocycles. The normalized spacial score (nSPS) is 14.1. The van der Waals surface area contributed by atoms with E-state index in [2.05, 4.69) is 99.0 Å². The molecule has 0 rings (SSSR count). The molecule has 0 bridgehead atoms. The summed E-state index contributed by atoms with van der Waals surface area (Å²) in [6.07, 6.45) is 83.0. The van der Waals surface area contributed by atoms with E-state index in [0.29, 0.717) is 23.9 Å². The zero-order valence-electron chi connectivity index (χ0n) is 55.2. The number of hydrogen-bond donors (Lipinski definition) is 2. The summed E-state index contributed by atoms with van der Waals surface area (Å²) in [4.78, 5) is 37.9. The van der Waals surface area contributed by atoms with Gasteiger partial charge >= 0.3 is 13.8 Å². The van der Waals surface area contributed by atoms with Crippen LogP contribution in [0.15, 0.2) is 85.1 Å². The van der Waals surface area contributed by atoms with Gasteiger partial charge in [0.2, 0.25) is 5.91 Å². The number of amides is 1. The van der Waals surface area contributed by atoms with Gasteiger partial charge in [-0.15, -0.1) is 0 Å². The van der Waals surface area contributed by atoms with E-state index in [0.717, 1.165) is 96.3 Å². The second-order valence-corrected chi connectivity index (χ2v) is 26.1. The van der Waals surface area contributed by atoms with E-state index in [9.17, 15) is 19.0 Å². The van der Waals surface area contributed by atoms with E-state index in [1.54, 1.807) is 0 Å². The summed E-state index contributed by atoms with van der Waals surface area (Å²) >= 11 is 0. The quantitative estimate of drug-likeness (QED) is 0.0205. The lowest BCUT2D eigenvalue weighted by Gasteiger charge is -2.27. The first-order valence-electron chi connectivity index (χ1n) is 34.9. The number of hydrogen-bond acceptors (Lipinski definition) is 6. The van der Waals surface area contributed by atoms with Gasteiger partial charge in [0.25, 0.3) is 0 Å². The standard InChI is InChI=1S/C73H133N2O7P/c1-7-10-13-16-19-22-25-28-30-32-34-36-37-39-40-42-44-47-50-53-56-59-62-65-72(76)74-70(69-81-83(78,79)80-68-67-75(4,5)6)71(64-61-58-55-52-49-46-27-24-21-18-15-12-9-3)82-73(77)66-63-60-57-54-51-48-45-43-41-38-35-33-31-29-26-23-20-17-14-11-8-2/h19-20,22-23,28-31,35,38,43,45,61,64,70-71H,7-18,21,24-27,32-34,36-37,39-42,44,46-60,62-63,65-69H2,1-6H3,(H-,74,76,78,79)/p+1/b22-19-,23-20-,30-28-,31-29-,38-35-,45-43-,64-61+. The summed E-state index contributed by atoms with van der Waals surface area (Å²) in [6, 6.07) is -0.861. The number of carbonyl (C=O) groups excluding carboxylic acids is 2. The summed E-state index contributed by atoms with van der Waals surface area (Å²) < 4.78 is 30.8. The van der Waals surface area contributed by atoms with Gasteiger partial charge in [0.1, 0.15) is 19.3 Å². The van der Waals surface area contributed by atoms with Crippen LogP contribution in [0.3, 0.4) is 0 Å². The predicted octanol–water partition coefficient (Wildman–Crippen LogP) is 22.1. The maximum Gasteiger partial charge on any atom is 0.472 e.